The summed E-state index contributed by atoms with van der Waals surface area (Å²) >= 11 is 0. The van der Waals surface area contributed by atoms with Gasteiger partial charge in [-0.25, -0.2) is 0 Å². The first-order valence-corrected chi connectivity index (χ1v) is 9.70. The van der Waals surface area contributed by atoms with Crippen molar-refractivity contribution in [2.45, 2.75) is 19.0 Å². The van der Waals surface area contributed by atoms with Crippen LogP contribution in [0.1, 0.15) is 11.1 Å². The highest BCUT2D eigenvalue weighted by molar-refractivity contribution is 5.47. The van der Waals surface area contributed by atoms with Crippen LogP contribution in [0, 0.1) is 0 Å². The van der Waals surface area contributed by atoms with E-state index in [1.165, 1.54) is 16.8 Å². The second-order valence-electron chi connectivity index (χ2n) is 7.34. The van der Waals surface area contributed by atoms with E-state index in [-0.39, 0.29) is 0 Å². The fourth-order valence-electron chi connectivity index (χ4n) is 3.91. The summed E-state index contributed by atoms with van der Waals surface area (Å²) < 4.78 is 0. The van der Waals surface area contributed by atoms with Crippen LogP contribution in [-0.4, -0.2) is 30.6 Å². The molecule has 0 aliphatic carbocycles. The average Bonchev–Trinajstić information content (AvgIpc) is 2.72. The summed E-state index contributed by atoms with van der Waals surface area (Å²) in [6.45, 7) is 4.18. The third-order valence-corrected chi connectivity index (χ3v) is 5.41. The Balaban J connectivity index is 1.53. The molecule has 1 atom stereocenters. The molecule has 2 N–H and O–H groups in total. The van der Waals surface area contributed by atoms with Crippen molar-refractivity contribution in [2.24, 2.45) is 0 Å². The minimum absolute atomic E-state index is 0.475. The number of hydrogen-bond donors (Lipinski definition) is 1. The maximum atomic E-state index is 5.87. The third kappa shape index (κ3) is 4.50. The van der Waals surface area contributed by atoms with Gasteiger partial charge in [0.1, 0.15) is 0 Å². The minimum atomic E-state index is 0.475. The van der Waals surface area contributed by atoms with Crippen molar-refractivity contribution in [1.82, 2.24) is 4.90 Å². The zero-order valence-electron chi connectivity index (χ0n) is 15.7. The normalized spacial score (nSPS) is 17.8. The Kier molecular flexibility index (Phi) is 5.40. The molecule has 138 valence electrons. The summed E-state index contributed by atoms with van der Waals surface area (Å²) in [5.74, 6) is 0. The van der Waals surface area contributed by atoms with Crippen LogP contribution in [0.2, 0.25) is 0 Å². The van der Waals surface area contributed by atoms with Crippen molar-refractivity contribution in [1.29, 1.82) is 0 Å². The van der Waals surface area contributed by atoms with Gasteiger partial charge >= 0.3 is 0 Å². The van der Waals surface area contributed by atoms with Crippen LogP contribution in [0.15, 0.2) is 84.9 Å². The standard InChI is InChI=1S/C24H27N3/c25-22-13-11-20(12-14-22)17-24-19-27(23-9-5-2-6-10-23)16-15-26(24)18-21-7-3-1-4-8-21/h1-14,24H,15-19,25H2/t24-/m0/s1. The fourth-order valence-corrected chi connectivity index (χ4v) is 3.91. The number of nitrogens with two attached hydrogens (primary N) is 1. The summed E-state index contributed by atoms with van der Waals surface area (Å²) in [6, 6.07) is 30.4. The van der Waals surface area contributed by atoms with E-state index in [0.29, 0.717) is 6.04 Å². The molecule has 0 spiro atoms. The molecule has 0 amide bonds. The Bertz CT molecular complexity index is 831. The number of nitrogens with zero attached hydrogens (tertiary/aromatic N) is 2. The summed E-state index contributed by atoms with van der Waals surface area (Å²) in [4.78, 5) is 5.15. The molecule has 1 heterocycles. The van der Waals surface area contributed by atoms with E-state index in [1.54, 1.807) is 0 Å². The van der Waals surface area contributed by atoms with E-state index in [4.69, 9.17) is 5.73 Å². The van der Waals surface area contributed by atoms with Gasteiger partial charge in [0.2, 0.25) is 0 Å². The highest BCUT2D eigenvalue weighted by atomic mass is 15.3. The van der Waals surface area contributed by atoms with Gasteiger partial charge in [-0.1, -0.05) is 60.7 Å². The molecule has 1 aliphatic heterocycles. The maximum Gasteiger partial charge on any atom is 0.0367 e. The van der Waals surface area contributed by atoms with E-state index in [1.807, 2.05) is 12.1 Å². The SMILES string of the molecule is Nc1ccc(C[C@H]2CN(c3ccccc3)CCN2Cc2ccccc2)cc1. The highest BCUT2D eigenvalue weighted by Gasteiger charge is 2.27. The molecule has 1 aliphatic rings. The largest absolute Gasteiger partial charge is 0.399 e. The number of rotatable bonds is 5. The summed E-state index contributed by atoms with van der Waals surface area (Å²) in [5, 5.41) is 0. The van der Waals surface area contributed by atoms with E-state index in [0.717, 1.165) is 38.3 Å². The number of anilines is 2. The number of para-hydroxylation sites is 1. The lowest BCUT2D eigenvalue weighted by atomic mass is 10.0. The zero-order valence-corrected chi connectivity index (χ0v) is 15.7. The van der Waals surface area contributed by atoms with Gasteiger partial charge in [0.15, 0.2) is 0 Å². The molecule has 3 heteroatoms. The van der Waals surface area contributed by atoms with Crippen LogP contribution in [0.4, 0.5) is 11.4 Å². The maximum absolute atomic E-state index is 5.87. The molecular weight excluding hydrogens is 330 g/mol. The van der Waals surface area contributed by atoms with Crippen LogP contribution in [0.25, 0.3) is 0 Å². The molecule has 0 saturated carbocycles. The molecule has 0 aromatic heterocycles. The average molecular weight is 358 g/mol. The molecule has 0 radical (unpaired) electrons. The Morgan fingerprint density at radius 2 is 1.41 bits per heavy atom. The second-order valence-corrected chi connectivity index (χ2v) is 7.34. The van der Waals surface area contributed by atoms with Crippen LogP contribution in [0.5, 0.6) is 0 Å². The van der Waals surface area contributed by atoms with E-state index in [2.05, 4.69) is 82.6 Å². The molecular formula is C24H27N3. The number of nitrogen functional groups attached to an aromatic ring is 1. The van der Waals surface area contributed by atoms with Crippen molar-refractivity contribution in [3.8, 4) is 0 Å². The van der Waals surface area contributed by atoms with Crippen molar-refractivity contribution in [2.75, 3.05) is 30.3 Å². The van der Waals surface area contributed by atoms with Crippen LogP contribution >= 0.6 is 0 Å². The van der Waals surface area contributed by atoms with Crippen LogP contribution in [0.3, 0.4) is 0 Å². The summed E-state index contributed by atoms with van der Waals surface area (Å²) in [7, 11) is 0. The van der Waals surface area contributed by atoms with Crippen molar-refractivity contribution < 1.29 is 0 Å². The molecule has 0 bridgehead atoms. The van der Waals surface area contributed by atoms with Gasteiger partial charge in [0.25, 0.3) is 0 Å². The highest BCUT2D eigenvalue weighted by Crippen LogP contribution is 2.23. The van der Waals surface area contributed by atoms with Crippen molar-refractivity contribution >= 4 is 11.4 Å². The first kappa shape index (κ1) is 17.6. The molecule has 3 aromatic rings. The Labute approximate surface area is 162 Å². The zero-order chi connectivity index (χ0) is 18.5. The number of hydrogen-bond acceptors (Lipinski definition) is 3. The Hall–Kier alpha value is -2.78. The first-order valence-electron chi connectivity index (χ1n) is 9.70. The van der Waals surface area contributed by atoms with Crippen molar-refractivity contribution in [3.63, 3.8) is 0 Å². The van der Waals surface area contributed by atoms with Crippen molar-refractivity contribution in [3.05, 3.63) is 96.1 Å². The van der Waals surface area contributed by atoms with Gasteiger partial charge in [-0.05, 0) is 41.8 Å². The third-order valence-electron chi connectivity index (χ3n) is 5.41. The minimum Gasteiger partial charge on any atom is -0.399 e. The second kappa shape index (κ2) is 8.28. The molecule has 27 heavy (non-hydrogen) atoms. The van der Waals surface area contributed by atoms with Crippen LogP contribution in [-0.2, 0) is 13.0 Å². The Morgan fingerprint density at radius 1 is 0.741 bits per heavy atom. The number of piperazine rings is 1. The topological polar surface area (TPSA) is 32.5 Å². The van der Waals surface area contributed by atoms with Gasteiger partial charge < -0.3 is 10.6 Å². The fraction of sp³-hybridized carbons (Fsp3) is 0.250. The van der Waals surface area contributed by atoms with E-state index >= 15 is 0 Å². The van der Waals surface area contributed by atoms with E-state index < -0.39 is 0 Å². The smallest absolute Gasteiger partial charge is 0.0367 e. The van der Waals surface area contributed by atoms with Gasteiger partial charge in [-0.15, -0.1) is 0 Å². The molecule has 3 nitrogen and oxygen atoms in total. The lowest BCUT2D eigenvalue weighted by molar-refractivity contribution is 0.167. The molecule has 0 unspecified atom stereocenters. The first-order chi connectivity index (χ1) is 13.3. The quantitative estimate of drug-likeness (QED) is 0.695. The number of benzene rings is 3. The Morgan fingerprint density at radius 3 is 2.11 bits per heavy atom. The van der Waals surface area contributed by atoms with Gasteiger partial charge in [0, 0.05) is 43.6 Å². The predicted octanol–water partition coefficient (Wildman–Crippen LogP) is 4.20. The summed E-state index contributed by atoms with van der Waals surface area (Å²) in [6.07, 6.45) is 1.04. The lowest BCUT2D eigenvalue weighted by Crippen LogP contribution is -2.53. The lowest BCUT2D eigenvalue weighted by Gasteiger charge is -2.42. The van der Waals surface area contributed by atoms with Gasteiger partial charge in [-0.3, -0.25) is 4.90 Å². The monoisotopic (exact) mass is 357 g/mol. The van der Waals surface area contributed by atoms with E-state index in [9.17, 15) is 0 Å². The molecule has 4 rings (SSSR count). The van der Waals surface area contributed by atoms with Gasteiger partial charge in [0.05, 0.1) is 0 Å². The van der Waals surface area contributed by atoms with Crippen LogP contribution < -0.4 is 10.6 Å². The van der Waals surface area contributed by atoms with Gasteiger partial charge in [-0.2, -0.15) is 0 Å². The molecule has 1 saturated heterocycles. The molecule has 1 fully saturated rings. The predicted molar refractivity (Wildman–Crippen MR) is 114 cm³/mol. The summed E-state index contributed by atoms with van der Waals surface area (Å²) in [5.41, 5.74) is 10.7. The molecule has 3 aromatic carbocycles.